The topological polar surface area (TPSA) is 91.1 Å². The molecule has 8 nitrogen and oxygen atoms in total. The van der Waals surface area contributed by atoms with Crippen molar-refractivity contribution >= 4 is 39.8 Å². The number of nitro groups is 1. The molecule has 184 valence electrons. The number of amides is 1. The van der Waals surface area contributed by atoms with Gasteiger partial charge in [-0.2, -0.15) is 0 Å². The van der Waals surface area contributed by atoms with Crippen LogP contribution in [0.25, 0.3) is 10.8 Å². The lowest BCUT2D eigenvalue weighted by molar-refractivity contribution is -0.385. The maximum atomic E-state index is 13.0. The molecule has 1 atom stereocenters. The van der Waals surface area contributed by atoms with Gasteiger partial charge in [-0.3, -0.25) is 15.0 Å². The highest BCUT2D eigenvalue weighted by molar-refractivity contribution is 6.19. The average Bonchev–Trinajstić information content (AvgIpc) is 3.20. The van der Waals surface area contributed by atoms with Gasteiger partial charge < -0.3 is 14.2 Å². The van der Waals surface area contributed by atoms with Crippen LogP contribution in [0.2, 0.25) is 0 Å². The minimum Gasteiger partial charge on any atom is -0.490 e. The molecule has 1 amide bonds. The molecule has 0 aromatic heterocycles. The highest BCUT2D eigenvalue weighted by Gasteiger charge is 2.36. The van der Waals surface area contributed by atoms with E-state index in [2.05, 4.69) is 0 Å². The van der Waals surface area contributed by atoms with E-state index in [1.54, 1.807) is 17.0 Å². The van der Waals surface area contributed by atoms with E-state index in [0.717, 1.165) is 16.3 Å². The van der Waals surface area contributed by atoms with Crippen LogP contribution in [0.15, 0.2) is 48.5 Å². The molecule has 3 aromatic rings. The molecule has 0 bridgehead atoms. The van der Waals surface area contributed by atoms with Gasteiger partial charge in [0.1, 0.15) is 18.0 Å². The van der Waals surface area contributed by atoms with Crippen molar-refractivity contribution in [3.63, 3.8) is 0 Å². The van der Waals surface area contributed by atoms with Crippen LogP contribution in [0.1, 0.15) is 37.8 Å². The highest BCUT2D eigenvalue weighted by atomic mass is 35.5. The molecular weight excluding hydrogens is 472 g/mol. The van der Waals surface area contributed by atoms with Gasteiger partial charge in [0, 0.05) is 35.9 Å². The summed E-state index contributed by atoms with van der Waals surface area (Å²) in [5.74, 6) is 1.06. The Bertz CT molecular complexity index is 1290. The number of fused-ring (bicyclic) bond motifs is 3. The fourth-order valence-corrected chi connectivity index (χ4v) is 4.52. The van der Waals surface area contributed by atoms with Crippen LogP contribution in [0.3, 0.4) is 0 Å². The van der Waals surface area contributed by atoms with Crippen LogP contribution < -0.4 is 14.4 Å². The van der Waals surface area contributed by atoms with Gasteiger partial charge in [0.25, 0.3) is 0 Å². The number of anilines is 1. The van der Waals surface area contributed by atoms with Gasteiger partial charge in [0.15, 0.2) is 5.75 Å². The van der Waals surface area contributed by atoms with E-state index in [1.165, 1.54) is 13.2 Å². The smallest absolute Gasteiger partial charge is 0.414 e. The van der Waals surface area contributed by atoms with Crippen LogP contribution in [0.5, 0.6) is 11.5 Å². The quantitative estimate of drug-likeness (QED) is 0.221. The molecule has 0 aliphatic carbocycles. The minimum atomic E-state index is -0.637. The predicted molar refractivity (Wildman–Crippen MR) is 135 cm³/mol. The molecule has 9 heteroatoms. The van der Waals surface area contributed by atoms with E-state index < -0.39 is 16.6 Å². The summed E-state index contributed by atoms with van der Waals surface area (Å²) in [4.78, 5) is 25.3. The molecular formula is C26H27ClN2O6. The minimum absolute atomic E-state index is 0.0444. The van der Waals surface area contributed by atoms with Crippen molar-refractivity contribution in [2.75, 3.05) is 24.4 Å². The number of nitro benzene ring substituents is 1. The zero-order valence-electron chi connectivity index (χ0n) is 20.0. The Morgan fingerprint density at radius 3 is 2.49 bits per heavy atom. The Labute approximate surface area is 208 Å². The maximum Gasteiger partial charge on any atom is 0.414 e. The van der Waals surface area contributed by atoms with Gasteiger partial charge in [-0.25, -0.2) is 4.79 Å². The monoisotopic (exact) mass is 498 g/mol. The second kappa shape index (κ2) is 9.62. The average molecular weight is 499 g/mol. The Kier molecular flexibility index (Phi) is 6.76. The van der Waals surface area contributed by atoms with E-state index in [1.807, 2.05) is 51.1 Å². The third-order valence-corrected chi connectivity index (χ3v) is 6.14. The lowest BCUT2D eigenvalue weighted by atomic mass is 9.95. The first-order valence-electron chi connectivity index (χ1n) is 11.2. The third kappa shape index (κ3) is 4.98. The van der Waals surface area contributed by atoms with E-state index in [9.17, 15) is 14.9 Å². The molecule has 0 saturated carbocycles. The summed E-state index contributed by atoms with van der Waals surface area (Å²) >= 11 is 6.31. The summed E-state index contributed by atoms with van der Waals surface area (Å²) in [6, 6.07) is 14.3. The number of alkyl halides is 1. The highest BCUT2D eigenvalue weighted by Crippen LogP contribution is 2.46. The summed E-state index contributed by atoms with van der Waals surface area (Å²) in [6.45, 7) is 6.06. The lowest BCUT2D eigenvalue weighted by Gasteiger charge is -2.25. The number of carbonyl (C=O) groups excluding carboxylic acids is 1. The SMILES string of the molecule is COc1cc(COc2cc3c(c4ccccc24)[C@H](CCl)CN3C(=O)OC(C)(C)C)ccc1[N+](=O)[O-]. The molecule has 0 fully saturated rings. The number of nitrogens with zero attached hydrogens (tertiary/aromatic N) is 2. The second-order valence-corrected chi connectivity index (χ2v) is 9.66. The van der Waals surface area contributed by atoms with E-state index in [-0.39, 0.29) is 24.0 Å². The number of rotatable bonds is 6. The summed E-state index contributed by atoms with van der Waals surface area (Å²) < 4.78 is 17.0. The number of ether oxygens (including phenoxy) is 3. The van der Waals surface area contributed by atoms with Crippen LogP contribution >= 0.6 is 11.6 Å². The Morgan fingerprint density at radius 2 is 1.86 bits per heavy atom. The van der Waals surface area contributed by atoms with Crippen LogP contribution in [0, 0.1) is 10.1 Å². The Hall–Kier alpha value is -3.52. The van der Waals surface area contributed by atoms with Crippen molar-refractivity contribution in [2.24, 2.45) is 0 Å². The van der Waals surface area contributed by atoms with Gasteiger partial charge in [-0.15, -0.1) is 11.6 Å². The first kappa shape index (κ1) is 24.6. The number of carbonyl (C=O) groups is 1. The molecule has 0 radical (unpaired) electrons. The predicted octanol–water partition coefficient (Wildman–Crippen LogP) is 6.41. The molecule has 0 spiro atoms. The van der Waals surface area contributed by atoms with Gasteiger partial charge in [-0.05, 0) is 49.4 Å². The molecule has 1 aliphatic heterocycles. The molecule has 1 aliphatic rings. The fraction of sp³-hybridized carbons (Fsp3) is 0.346. The van der Waals surface area contributed by atoms with Crippen molar-refractivity contribution in [1.82, 2.24) is 0 Å². The summed E-state index contributed by atoms with van der Waals surface area (Å²) in [5.41, 5.74) is 1.66. The van der Waals surface area contributed by atoms with Gasteiger partial charge >= 0.3 is 11.8 Å². The first-order chi connectivity index (χ1) is 16.6. The number of benzene rings is 3. The van der Waals surface area contributed by atoms with Crippen molar-refractivity contribution in [3.8, 4) is 11.5 Å². The van der Waals surface area contributed by atoms with Crippen LogP contribution in [-0.2, 0) is 11.3 Å². The fourth-order valence-electron chi connectivity index (χ4n) is 4.27. The number of methoxy groups -OCH3 is 1. The molecule has 35 heavy (non-hydrogen) atoms. The largest absolute Gasteiger partial charge is 0.490 e. The Balaban J connectivity index is 1.73. The van der Waals surface area contributed by atoms with Gasteiger partial charge in [0.05, 0.1) is 17.7 Å². The normalized spacial score (nSPS) is 15.1. The standard InChI is InChI=1S/C26H27ClN2O6/c1-26(2,3)35-25(30)28-14-17(13-27)24-19-8-6-5-7-18(19)22(12-21(24)28)34-15-16-9-10-20(29(31)32)23(11-16)33-4/h5-12,17H,13-15H2,1-4H3/t17-/m1/s1. The molecule has 0 unspecified atom stereocenters. The number of hydrogen-bond donors (Lipinski definition) is 0. The molecule has 1 heterocycles. The third-order valence-electron chi connectivity index (χ3n) is 5.76. The number of hydrogen-bond acceptors (Lipinski definition) is 6. The lowest BCUT2D eigenvalue weighted by Crippen LogP contribution is -2.36. The van der Waals surface area contributed by atoms with E-state index >= 15 is 0 Å². The van der Waals surface area contributed by atoms with Crippen molar-refractivity contribution < 1.29 is 23.9 Å². The first-order valence-corrected chi connectivity index (χ1v) is 11.7. The van der Waals surface area contributed by atoms with E-state index in [0.29, 0.717) is 29.4 Å². The number of halogens is 1. The van der Waals surface area contributed by atoms with Crippen molar-refractivity contribution in [3.05, 3.63) is 69.8 Å². The van der Waals surface area contributed by atoms with E-state index in [4.69, 9.17) is 25.8 Å². The van der Waals surface area contributed by atoms with Crippen LogP contribution in [0.4, 0.5) is 16.2 Å². The van der Waals surface area contributed by atoms with Crippen molar-refractivity contribution in [2.45, 2.75) is 38.9 Å². The zero-order valence-corrected chi connectivity index (χ0v) is 20.8. The molecule has 3 aromatic carbocycles. The van der Waals surface area contributed by atoms with Crippen molar-refractivity contribution in [1.29, 1.82) is 0 Å². The summed E-state index contributed by atoms with van der Waals surface area (Å²) in [5, 5.41) is 13.0. The van der Waals surface area contributed by atoms with Gasteiger partial charge in [0.2, 0.25) is 0 Å². The van der Waals surface area contributed by atoms with Crippen LogP contribution in [-0.4, -0.2) is 36.2 Å². The second-order valence-electron chi connectivity index (χ2n) is 9.35. The summed E-state index contributed by atoms with van der Waals surface area (Å²) in [6.07, 6.45) is -0.437. The molecule has 0 saturated heterocycles. The molecule has 4 rings (SSSR count). The zero-order chi connectivity index (χ0) is 25.3. The molecule has 0 N–H and O–H groups in total. The Morgan fingerprint density at radius 1 is 1.14 bits per heavy atom. The summed E-state index contributed by atoms with van der Waals surface area (Å²) in [7, 11) is 1.39. The van der Waals surface area contributed by atoms with Gasteiger partial charge in [-0.1, -0.05) is 24.3 Å². The maximum absolute atomic E-state index is 13.0.